The van der Waals surface area contributed by atoms with Crippen LogP contribution in [0.2, 0.25) is 10.0 Å². The second-order valence-corrected chi connectivity index (χ2v) is 6.78. The third-order valence-corrected chi connectivity index (χ3v) is 4.54. The molecular weight excluding hydrogens is 361 g/mol. The zero-order valence-corrected chi connectivity index (χ0v) is 15.6. The van der Waals surface area contributed by atoms with Gasteiger partial charge in [0, 0.05) is 29.1 Å². The Morgan fingerprint density at radius 2 is 2.12 bits per heavy atom. The van der Waals surface area contributed by atoms with Crippen LogP contribution in [0.1, 0.15) is 35.3 Å². The van der Waals surface area contributed by atoms with Crippen LogP contribution < -0.4 is 14.8 Å². The van der Waals surface area contributed by atoms with Crippen LogP contribution in [0, 0.1) is 0 Å². The van der Waals surface area contributed by atoms with Gasteiger partial charge in [-0.05, 0) is 44.2 Å². The molecule has 1 amide bonds. The predicted octanol–water partition coefficient (Wildman–Crippen LogP) is 4.65. The fraction of sp³-hybridized carbons (Fsp3) is 0.316. The number of carbonyl (C=O) groups excluding carboxylic acids is 1. The number of amides is 1. The molecule has 0 saturated heterocycles. The van der Waals surface area contributed by atoms with Gasteiger partial charge in [-0.25, -0.2) is 0 Å². The van der Waals surface area contributed by atoms with E-state index in [1.165, 1.54) is 0 Å². The van der Waals surface area contributed by atoms with Crippen LogP contribution >= 0.6 is 23.2 Å². The van der Waals surface area contributed by atoms with Gasteiger partial charge in [-0.1, -0.05) is 23.2 Å². The molecule has 1 aliphatic heterocycles. The van der Waals surface area contributed by atoms with E-state index in [0.717, 1.165) is 29.0 Å². The van der Waals surface area contributed by atoms with E-state index in [2.05, 4.69) is 5.32 Å². The van der Waals surface area contributed by atoms with Gasteiger partial charge in [0.2, 0.25) is 0 Å². The first-order valence-corrected chi connectivity index (χ1v) is 8.92. The quantitative estimate of drug-likeness (QED) is 0.822. The van der Waals surface area contributed by atoms with Crippen molar-refractivity contribution >= 4 is 29.1 Å². The smallest absolute Gasteiger partial charge is 0.253 e. The zero-order chi connectivity index (χ0) is 18.0. The lowest BCUT2D eigenvalue weighted by Gasteiger charge is -2.14. The second kappa shape index (κ2) is 7.54. The topological polar surface area (TPSA) is 47.6 Å². The van der Waals surface area contributed by atoms with Gasteiger partial charge in [-0.2, -0.15) is 0 Å². The second-order valence-electron chi connectivity index (χ2n) is 5.94. The van der Waals surface area contributed by atoms with Gasteiger partial charge >= 0.3 is 0 Å². The molecule has 1 N–H and O–H groups in total. The van der Waals surface area contributed by atoms with Gasteiger partial charge < -0.3 is 14.8 Å². The molecule has 2 aromatic carbocycles. The lowest BCUT2D eigenvalue weighted by molar-refractivity contribution is 0.0950. The summed E-state index contributed by atoms with van der Waals surface area (Å²) in [4.78, 5) is 12.4. The van der Waals surface area contributed by atoms with E-state index >= 15 is 0 Å². The lowest BCUT2D eigenvalue weighted by atomic mass is 10.1. The summed E-state index contributed by atoms with van der Waals surface area (Å²) < 4.78 is 11.5. The standard InChI is InChI=1S/C19H19Cl2NO3/c1-3-24-17-7-12-6-11(2)25-18(12)8-13(17)10-22-19(23)15-5-4-14(20)9-16(15)21/h4-5,7-9,11H,3,6,10H2,1-2H3,(H,22,23). The molecule has 4 nitrogen and oxygen atoms in total. The van der Waals surface area contributed by atoms with Crippen molar-refractivity contribution in [3.63, 3.8) is 0 Å². The fourth-order valence-electron chi connectivity index (χ4n) is 2.85. The maximum absolute atomic E-state index is 12.4. The molecule has 1 atom stereocenters. The van der Waals surface area contributed by atoms with Crippen LogP contribution in [0.15, 0.2) is 30.3 Å². The number of carbonyl (C=O) groups is 1. The summed E-state index contributed by atoms with van der Waals surface area (Å²) in [6.45, 7) is 4.84. The van der Waals surface area contributed by atoms with Crippen molar-refractivity contribution in [2.75, 3.05) is 6.61 Å². The first-order chi connectivity index (χ1) is 12.0. The number of ether oxygens (including phenoxy) is 2. The van der Waals surface area contributed by atoms with E-state index in [4.69, 9.17) is 32.7 Å². The highest BCUT2D eigenvalue weighted by molar-refractivity contribution is 6.36. The molecule has 0 aliphatic carbocycles. The average molecular weight is 380 g/mol. The van der Waals surface area contributed by atoms with Crippen molar-refractivity contribution in [3.05, 3.63) is 57.1 Å². The van der Waals surface area contributed by atoms with Gasteiger partial charge in [-0.15, -0.1) is 0 Å². The fourth-order valence-corrected chi connectivity index (χ4v) is 3.35. The number of hydrogen-bond acceptors (Lipinski definition) is 3. The summed E-state index contributed by atoms with van der Waals surface area (Å²) in [7, 11) is 0. The molecule has 3 rings (SSSR count). The van der Waals surface area contributed by atoms with Crippen LogP contribution in [0.5, 0.6) is 11.5 Å². The monoisotopic (exact) mass is 379 g/mol. The molecule has 25 heavy (non-hydrogen) atoms. The van der Waals surface area contributed by atoms with E-state index < -0.39 is 0 Å². The normalized spacial score (nSPS) is 15.4. The number of rotatable bonds is 5. The summed E-state index contributed by atoms with van der Waals surface area (Å²) in [5, 5.41) is 3.69. The molecule has 6 heteroatoms. The Kier molecular flexibility index (Phi) is 5.40. The molecule has 0 radical (unpaired) electrons. The third-order valence-electron chi connectivity index (χ3n) is 3.99. The molecule has 1 aliphatic rings. The van der Waals surface area contributed by atoms with Gasteiger partial charge in [0.05, 0.1) is 17.2 Å². The summed E-state index contributed by atoms with van der Waals surface area (Å²) in [5.41, 5.74) is 2.38. The highest BCUT2D eigenvalue weighted by Gasteiger charge is 2.22. The van der Waals surface area contributed by atoms with Crippen LogP contribution in [0.3, 0.4) is 0 Å². The van der Waals surface area contributed by atoms with Crippen molar-refractivity contribution in [3.8, 4) is 11.5 Å². The van der Waals surface area contributed by atoms with E-state index in [9.17, 15) is 4.79 Å². The molecule has 1 unspecified atom stereocenters. The van der Waals surface area contributed by atoms with E-state index in [-0.39, 0.29) is 12.0 Å². The molecule has 2 aromatic rings. The van der Waals surface area contributed by atoms with Gasteiger partial charge in [0.15, 0.2) is 0 Å². The molecular formula is C19H19Cl2NO3. The average Bonchev–Trinajstić information content (AvgIpc) is 2.91. The molecule has 0 aromatic heterocycles. The molecule has 0 spiro atoms. The maximum atomic E-state index is 12.4. The van der Waals surface area contributed by atoms with E-state index in [1.807, 2.05) is 26.0 Å². The highest BCUT2D eigenvalue weighted by atomic mass is 35.5. The highest BCUT2D eigenvalue weighted by Crippen LogP contribution is 2.35. The molecule has 0 bridgehead atoms. The lowest BCUT2D eigenvalue weighted by Crippen LogP contribution is -2.23. The summed E-state index contributed by atoms with van der Waals surface area (Å²) in [5.74, 6) is 1.35. The minimum absolute atomic E-state index is 0.155. The Morgan fingerprint density at radius 3 is 2.84 bits per heavy atom. The first kappa shape index (κ1) is 17.9. The van der Waals surface area contributed by atoms with Crippen LogP contribution in [-0.4, -0.2) is 18.6 Å². The molecule has 132 valence electrons. The van der Waals surface area contributed by atoms with Crippen molar-refractivity contribution in [2.45, 2.75) is 32.9 Å². The predicted molar refractivity (Wildman–Crippen MR) is 99.0 cm³/mol. The minimum Gasteiger partial charge on any atom is -0.494 e. The van der Waals surface area contributed by atoms with Crippen molar-refractivity contribution in [1.29, 1.82) is 0 Å². The number of nitrogens with one attached hydrogen (secondary N) is 1. The van der Waals surface area contributed by atoms with Crippen molar-refractivity contribution in [2.24, 2.45) is 0 Å². The van der Waals surface area contributed by atoms with E-state index in [0.29, 0.717) is 28.8 Å². The summed E-state index contributed by atoms with van der Waals surface area (Å²) in [6, 6.07) is 8.73. The number of fused-ring (bicyclic) bond motifs is 1. The summed E-state index contributed by atoms with van der Waals surface area (Å²) >= 11 is 12.0. The molecule has 1 heterocycles. The van der Waals surface area contributed by atoms with E-state index in [1.54, 1.807) is 18.2 Å². The van der Waals surface area contributed by atoms with Crippen LogP contribution in [0.25, 0.3) is 0 Å². The Bertz CT molecular complexity index is 807. The SMILES string of the molecule is CCOc1cc2c(cc1CNC(=O)c1ccc(Cl)cc1Cl)OC(C)C2. The minimum atomic E-state index is -0.265. The first-order valence-electron chi connectivity index (χ1n) is 8.16. The Morgan fingerprint density at radius 1 is 1.32 bits per heavy atom. The van der Waals surface area contributed by atoms with Gasteiger partial charge in [-0.3, -0.25) is 4.79 Å². The Labute approximate surface area is 157 Å². The Balaban J connectivity index is 1.78. The molecule has 0 saturated carbocycles. The zero-order valence-electron chi connectivity index (χ0n) is 14.1. The Hall–Kier alpha value is -1.91. The van der Waals surface area contributed by atoms with Crippen LogP contribution in [-0.2, 0) is 13.0 Å². The van der Waals surface area contributed by atoms with Crippen molar-refractivity contribution < 1.29 is 14.3 Å². The van der Waals surface area contributed by atoms with Gasteiger partial charge in [0.1, 0.15) is 17.6 Å². The largest absolute Gasteiger partial charge is 0.494 e. The maximum Gasteiger partial charge on any atom is 0.253 e. The van der Waals surface area contributed by atoms with Crippen molar-refractivity contribution in [1.82, 2.24) is 5.32 Å². The number of hydrogen-bond donors (Lipinski definition) is 1. The number of benzene rings is 2. The number of halogens is 2. The third kappa shape index (κ3) is 4.02. The van der Waals surface area contributed by atoms with Gasteiger partial charge in [0.25, 0.3) is 5.91 Å². The molecule has 0 fully saturated rings. The summed E-state index contributed by atoms with van der Waals surface area (Å²) in [6.07, 6.45) is 1.02. The van der Waals surface area contributed by atoms with Crippen LogP contribution in [0.4, 0.5) is 0 Å².